The summed E-state index contributed by atoms with van der Waals surface area (Å²) in [6.07, 6.45) is 5.14. The van der Waals surface area contributed by atoms with Crippen molar-refractivity contribution < 1.29 is 4.74 Å². The second-order valence-corrected chi connectivity index (χ2v) is 7.27. The summed E-state index contributed by atoms with van der Waals surface area (Å²) in [5.41, 5.74) is 3.28. The van der Waals surface area contributed by atoms with E-state index >= 15 is 0 Å². The van der Waals surface area contributed by atoms with Crippen molar-refractivity contribution in [3.05, 3.63) is 65.2 Å². The van der Waals surface area contributed by atoms with Gasteiger partial charge in [-0.1, -0.05) is 23.2 Å². The Morgan fingerprint density at radius 2 is 1.90 bits per heavy atom. The van der Waals surface area contributed by atoms with Crippen LogP contribution < -0.4 is 10.1 Å². The molecule has 9 heteroatoms. The van der Waals surface area contributed by atoms with Gasteiger partial charge in [0.05, 0.1) is 32.7 Å². The van der Waals surface area contributed by atoms with Crippen LogP contribution in [0.15, 0.2) is 55.1 Å². The van der Waals surface area contributed by atoms with E-state index in [0.29, 0.717) is 32.9 Å². The molecule has 0 amide bonds. The van der Waals surface area contributed by atoms with Crippen molar-refractivity contribution in [2.24, 2.45) is 7.05 Å². The second kappa shape index (κ2) is 6.95. The predicted octanol–water partition coefficient (Wildman–Crippen LogP) is 5.69. The summed E-state index contributed by atoms with van der Waals surface area (Å²) >= 11 is 12.7. The Bertz CT molecular complexity index is 1360. The van der Waals surface area contributed by atoms with Gasteiger partial charge in [-0.05, 0) is 36.4 Å². The largest absolute Gasteiger partial charge is 0.455 e. The van der Waals surface area contributed by atoms with Crippen molar-refractivity contribution in [1.82, 2.24) is 24.7 Å². The van der Waals surface area contributed by atoms with Gasteiger partial charge in [-0.2, -0.15) is 5.10 Å². The van der Waals surface area contributed by atoms with Gasteiger partial charge in [0.15, 0.2) is 5.82 Å². The number of aryl methyl sites for hydroxylation is 1. The molecular weight excluding hydrogens is 411 g/mol. The molecule has 2 N–H and O–H groups in total. The van der Waals surface area contributed by atoms with Gasteiger partial charge in [0, 0.05) is 18.9 Å². The fourth-order valence-corrected chi connectivity index (χ4v) is 3.62. The summed E-state index contributed by atoms with van der Waals surface area (Å²) in [6, 6.07) is 10.9. The molecule has 0 aliphatic heterocycles. The van der Waals surface area contributed by atoms with Crippen LogP contribution in [0.2, 0.25) is 10.0 Å². The first-order valence-corrected chi connectivity index (χ1v) is 9.48. The average molecular weight is 425 g/mol. The molecule has 0 atom stereocenters. The van der Waals surface area contributed by atoms with Gasteiger partial charge >= 0.3 is 0 Å². The van der Waals surface area contributed by atoms with Crippen LogP contribution in [0.25, 0.3) is 21.9 Å². The topological polar surface area (TPSA) is 80.6 Å². The third-order valence-corrected chi connectivity index (χ3v) is 5.21. The molecule has 3 heterocycles. The van der Waals surface area contributed by atoms with Gasteiger partial charge in [-0.15, -0.1) is 0 Å². The first-order chi connectivity index (χ1) is 14.1. The zero-order chi connectivity index (χ0) is 20.0. The summed E-state index contributed by atoms with van der Waals surface area (Å²) < 4.78 is 7.98. The number of aromatic amines is 1. The van der Waals surface area contributed by atoms with E-state index in [2.05, 4.69) is 25.5 Å². The van der Waals surface area contributed by atoms with Crippen molar-refractivity contribution >= 4 is 56.6 Å². The van der Waals surface area contributed by atoms with Crippen LogP contribution in [0.1, 0.15) is 0 Å². The van der Waals surface area contributed by atoms with Gasteiger partial charge in [-0.25, -0.2) is 9.97 Å². The number of nitrogens with one attached hydrogen (secondary N) is 2. The molecule has 0 aliphatic carbocycles. The number of ether oxygens (including phenoxy) is 1. The van der Waals surface area contributed by atoms with Crippen LogP contribution in [0.5, 0.6) is 11.5 Å². The molecule has 0 saturated carbocycles. The molecule has 0 spiro atoms. The van der Waals surface area contributed by atoms with Crippen LogP contribution in [0, 0.1) is 0 Å². The number of fused-ring (bicyclic) bond motifs is 2. The van der Waals surface area contributed by atoms with Crippen LogP contribution in [0.4, 0.5) is 11.5 Å². The molecule has 0 bridgehead atoms. The number of nitrogens with zero attached hydrogens (tertiary/aromatic N) is 4. The molecule has 5 rings (SSSR count). The van der Waals surface area contributed by atoms with Gasteiger partial charge in [-0.3, -0.25) is 5.10 Å². The molecule has 3 aromatic heterocycles. The smallest absolute Gasteiger partial charge is 0.158 e. The third kappa shape index (κ3) is 3.14. The van der Waals surface area contributed by atoms with Gasteiger partial charge in [0.1, 0.15) is 23.3 Å². The molecule has 5 aromatic rings. The highest BCUT2D eigenvalue weighted by Crippen LogP contribution is 2.37. The van der Waals surface area contributed by atoms with Crippen molar-refractivity contribution in [3.63, 3.8) is 0 Å². The van der Waals surface area contributed by atoms with Crippen LogP contribution in [-0.4, -0.2) is 24.7 Å². The Labute approximate surface area is 175 Å². The first-order valence-electron chi connectivity index (χ1n) is 8.72. The van der Waals surface area contributed by atoms with Gasteiger partial charge < -0.3 is 14.6 Å². The Kier molecular flexibility index (Phi) is 4.26. The van der Waals surface area contributed by atoms with E-state index in [0.717, 1.165) is 22.1 Å². The number of halogens is 2. The number of benzene rings is 2. The summed E-state index contributed by atoms with van der Waals surface area (Å²) in [5.74, 6) is 1.83. The summed E-state index contributed by atoms with van der Waals surface area (Å²) in [6.45, 7) is 0. The fourth-order valence-electron chi connectivity index (χ4n) is 3.19. The minimum absolute atomic E-state index is 0.457. The lowest BCUT2D eigenvalue weighted by atomic mass is 10.2. The second-order valence-electron chi connectivity index (χ2n) is 6.46. The SMILES string of the molecule is Cn1ccc2ncnc(Nc3ccc(Oc4ccc(Cl)c5[nH]ncc45)c(Cl)c3)c21. The Balaban J connectivity index is 1.45. The van der Waals surface area contributed by atoms with Crippen LogP contribution in [0.3, 0.4) is 0 Å². The van der Waals surface area contributed by atoms with Gasteiger partial charge in [0.25, 0.3) is 0 Å². The lowest BCUT2D eigenvalue weighted by Gasteiger charge is -2.12. The Morgan fingerprint density at radius 3 is 2.76 bits per heavy atom. The highest BCUT2D eigenvalue weighted by molar-refractivity contribution is 6.35. The van der Waals surface area contributed by atoms with E-state index in [-0.39, 0.29) is 0 Å². The maximum Gasteiger partial charge on any atom is 0.158 e. The number of anilines is 2. The third-order valence-electron chi connectivity index (χ3n) is 4.60. The molecule has 2 aromatic carbocycles. The van der Waals surface area contributed by atoms with Crippen molar-refractivity contribution in [2.45, 2.75) is 0 Å². The standard InChI is InChI=1S/C20H14Cl2N6O/c1-28-7-6-15-19(28)20(24-10-23-15)26-11-2-4-17(14(22)8-11)29-16-5-3-13(21)18-12(16)9-25-27-18/h2-10H,1H3,(H,25,27)(H,23,24,26). The van der Waals surface area contributed by atoms with Crippen molar-refractivity contribution in [2.75, 3.05) is 5.32 Å². The van der Waals surface area contributed by atoms with Crippen molar-refractivity contribution in [3.8, 4) is 11.5 Å². The average Bonchev–Trinajstić information content (AvgIpc) is 3.35. The summed E-state index contributed by atoms with van der Waals surface area (Å²) in [5, 5.41) is 12.0. The van der Waals surface area contributed by atoms with E-state index in [1.54, 1.807) is 30.5 Å². The number of hydrogen-bond donors (Lipinski definition) is 2. The summed E-state index contributed by atoms with van der Waals surface area (Å²) in [4.78, 5) is 8.63. The predicted molar refractivity (Wildman–Crippen MR) is 114 cm³/mol. The van der Waals surface area contributed by atoms with E-state index in [4.69, 9.17) is 27.9 Å². The minimum atomic E-state index is 0.457. The normalized spacial score (nSPS) is 11.3. The van der Waals surface area contributed by atoms with E-state index in [9.17, 15) is 0 Å². The lowest BCUT2D eigenvalue weighted by Crippen LogP contribution is -1.98. The number of H-pyrrole nitrogens is 1. The maximum absolute atomic E-state index is 6.48. The van der Waals surface area contributed by atoms with Crippen LogP contribution >= 0.6 is 23.2 Å². The monoisotopic (exact) mass is 424 g/mol. The highest BCUT2D eigenvalue weighted by atomic mass is 35.5. The molecule has 29 heavy (non-hydrogen) atoms. The minimum Gasteiger partial charge on any atom is -0.455 e. The molecule has 0 unspecified atom stereocenters. The van der Waals surface area contributed by atoms with Crippen LogP contribution in [-0.2, 0) is 7.05 Å². The highest BCUT2D eigenvalue weighted by Gasteiger charge is 2.12. The fraction of sp³-hybridized carbons (Fsp3) is 0.0500. The van der Waals surface area contributed by atoms with Crippen molar-refractivity contribution in [1.29, 1.82) is 0 Å². The first kappa shape index (κ1) is 17.8. The maximum atomic E-state index is 6.48. The summed E-state index contributed by atoms with van der Waals surface area (Å²) in [7, 11) is 1.95. The molecule has 0 aliphatic rings. The zero-order valence-electron chi connectivity index (χ0n) is 15.1. The number of aromatic nitrogens is 5. The Morgan fingerprint density at radius 1 is 1.03 bits per heavy atom. The lowest BCUT2D eigenvalue weighted by molar-refractivity contribution is 0.488. The molecule has 144 valence electrons. The molecule has 0 fully saturated rings. The van der Waals surface area contributed by atoms with Gasteiger partial charge in [0.2, 0.25) is 0 Å². The quantitative estimate of drug-likeness (QED) is 0.387. The van der Waals surface area contributed by atoms with E-state index in [1.807, 2.05) is 29.9 Å². The Hall–Kier alpha value is -3.29. The molecule has 7 nitrogen and oxygen atoms in total. The molecule has 0 saturated heterocycles. The number of rotatable bonds is 4. The molecular formula is C20H14Cl2N6O. The number of hydrogen-bond acceptors (Lipinski definition) is 5. The van der Waals surface area contributed by atoms with E-state index < -0.39 is 0 Å². The zero-order valence-corrected chi connectivity index (χ0v) is 16.7. The molecule has 0 radical (unpaired) electrons. The van der Waals surface area contributed by atoms with E-state index in [1.165, 1.54) is 6.33 Å².